The predicted octanol–water partition coefficient (Wildman–Crippen LogP) is 5.56. The molecule has 0 spiro atoms. The number of hydrogen-bond donors (Lipinski definition) is 1. The highest BCUT2D eigenvalue weighted by Crippen LogP contribution is 2.32. The maximum absolute atomic E-state index is 4.11. The Bertz CT molecular complexity index is 504. The maximum Gasteiger partial charge on any atom is 0.0924 e. The SMILES string of the molecule is CC.CC.Cc1ccc(-c2cnc[nH]2)c2c1CCCC2.[HH]. The summed E-state index contributed by atoms with van der Waals surface area (Å²) in [6.45, 7) is 10.2. The van der Waals surface area contributed by atoms with Crippen LogP contribution >= 0.6 is 0 Å². The number of imidazole rings is 1. The summed E-state index contributed by atoms with van der Waals surface area (Å²) in [7, 11) is 0. The van der Waals surface area contributed by atoms with Gasteiger partial charge in [0.25, 0.3) is 0 Å². The highest BCUT2D eigenvalue weighted by atomic mass is 14.9. The number of H-pyrrole nitrogens is 1. The molecule has 0 fully saturated rings. The first-order valence-electron chi connectivity index (χ1n) is 7.96. The molecule has 0 atom stereocenters. The number of rotatable bonds is 1. The second-order valence-electron chi connectivity index (χ2n) is 4.56. The van der Waals surface area contributed by atoms with Crippen LogP contribution in [0.3, 0.4) is 0 Å². The molecule has 1 aliphatic carbocycles. The number of aromatic amines is 1. The van der Waals surface area contributed by atoms with Crippen molar-refractivity contribution in [2.45, 2.75) is 60.3 Å². The first-order valence-corrected chi connectivity index (χ1v) is 7.96. The first-order chi connectivity index (χ1) is 9.86. The smallest absolute Gasteiger partial charge is 0.0924 e. The lowest BCUT2D eigenvalue weighted by Gasteiger charge is -2.21. The van der Waals surface area contributed by atoms with E-state index in [0.29, 0.717) is 0 Å². The molecule has 1 aliphatic rings. The molecule has 0 bridgehead atoms. The topological polar surface area (TPSA) is 28.7 Å². The fourth-order valence-corrected chi connectivity index (χ4v) is 2.70. The zero-order valence-corrected chi connectivity index (χ0v) is 13.6. The molecule has 0 saturated carbocycles. The molecular formula is C18H30N2. The van der Waals surface area contributed by atoms with Gasteiger partial charge >= 0.3 is 0 Å². The lowest BCUT2D eigenvalue weighted by atomic mass is 9.85. The van der Waals surface area contributed by atoms with Gasteiger partial charge in [-0.25, -0.2) is 4.98 Å². The predicted molar refractivity (Wildman–Crippen MR) is 90.2 cm³/mol. The lowest BCUT2D eigenvalue weighted by molar-refractivity contribution is 0.683. The summed E-state index contributed by atoms with van der Waals surface area (Å²) in [6.07, 6.45) is 8.77. The number of fused-ring (bicyclic) bond motifs is 1. The van der Waals surface area contributed by atoms with Crippen LogP contribution in [0.5, 0.6) is 0 Å². The second-order valence-corrected chi connectivity index (χ2v) is 4.56. The molecule has 2 nitrogen and oxygen atoms in total. The normalized spacial score (nSPS) is 12.4. The van der Waals surface area contributed by atoms with Crippen LogP contribution < -0.4 is 0 Å². The van der Waals surface area contributed by atoms with Gasteiger partial charge in [0.2, 0.25) is 0 Å². The molecule has 1 N–H and O–H groups in total. The Morgan fingerprint density at radius 2 is 1.65 bits per heavy atom. The van der Waals surface area contributed by atoms with Gasteiger partial charge < -0.3 is 4.98 Å². The number of nitrogens with one attached hydrogen (secondary N) is 1. The van der Waals surface area contributed by atoms with Gasteiger partial charge in [0.15, 0.2) is 0 Å². The van der Waals surface area contributed by atoms with E-state index in [4.69, 9.17) is 0 Å². The standard InChI is InChI=1S/C14H16N2.2C2H6.H2/c1-10-6-7-13(14-8-15-9-16-14)12-5-3-2-4-11(10)12;2*1-2;/h6-9H,2-5H2,1H3,(H,15,16);2*1-2H3;1H. The number of aryl methyl sites for hydroxylation is 1. The Morgan fingerprint density at radius 3 is 2.25 bits per heavy atom. The van der Waals surface area contributed by atoms with Crippen LogP contribution in [0.4, 0.5) is 0 Å². The quantitative estimate of drug-likeness (QED) is 0.724. The summed E-state index contributed by atoms with van der Waals surface area (Å²) in [5.74, 6) is 0. The van der Waals surface area contributed by atoms with Crippen LogP contribution in [-0.4, -0.2) is 9.97 Å². The number of benzene rings is 1. The average molecular weight is 274 g/mol. The summed E-state index contributed by atoms with van der Waals surface area (Å²) >= 11 is 0. The van der Waals surface area contributed by atoms with Crippen LogP contribution in [0.25, 0.3) is 11.3 Å². The van der Waals surface area contributed by atoms with E-state index in [0.717, 1.165) is 5.69 Å². The average Bonchev–Trinajstić information content (AvgIpc) is 3.06. The van der Waals surface area contributed by atoms with E-state index in [1.54, 1.807) is 11.9 Å². The van der Waals surface area contributed by atoms with Gasteiger partial charge in [-0.15, -0.1) is 0 Å². The zero-order valence-electron chi connectivity index (χ0n) is 13.6. The van der Waals surface area contributed by atoms with Crippen molar-refractivity contribution in [1.82, 2.24) is 9.97 Å². The van der Waals surface area contributed by atoms with Crippen molar-refractivity contribution in [2.75, 3.05) is 0 Å². The summed E-state index contributed by atoms with van der Waals surface area (Å²) < 4.78 is 0. The molecule has 1 aromatic carbocycles. The van der Waals surface area contributed by atoms with Crippen molar-refractivity contribution in [3.63, 3.8) is 0 Å². The minimum Gasteiger partial charge on any atom is -0.345 e. The van der Waals surface area contributed by atoms with Crippen LogP contribution in [0.1, 0.15) is 58.7 Å². The molecule has 20 heavy (non-hydrogen) atoms. The van der Waals surface area contributed by atoms with Crippen molar-refractivity contribution >= 4 is 0 Å². The minimum absolute atomic E-state index is 0. The van der Waals surface area contributed by atoms with Gasteiger partial charge in [0, 0.05) is 6.99 Å². The van der Waals surface area contributed by atoms with Gasteiger partial charge in [0.05, 0.1) is 18.2 Å². The summed E-state index contributed by atoms with van der Waals surface area (Å²) in [6, 6.07) is 4.47. The third-order valence-corrected chi connectivity index (χ3v) is 3.56. The molecule has 2 aromatic rings. The highest BCUT2D eigenvalue weighted by Gasteiger charge is 2.16. The minimum atomic E-state index is 0. The molecule has 3 rings (SSSR count). The Hall–Kier alpha value is -1.57. The fourth-order valence-electron chi connectivity index (χ4n) is 2.70. The van der Waals surface area contributed by atoms with E-state index < -0.39 is 0 Å². The zero-order chi connectivity index (χ0) is 15.0. The van der Waals surface area contributed by atoms with E-state index in [1.807, 2.05) is 33.9 Å². The Labute approximate surface area is 125 Å². The van der Waals surface area contributed by atoms with Crippen LogP contribution in [0.2, 0.25) is 0 Å². The van der Waals surface area contributed by atoms with Crippen molar-refractivity contribution in [1.29, 1.82) is 0 Å². The van der Waals surface area contributed by atoms with Gasteiger partial charge in [0.1, 0.15) is 0 Å². The number of nitrogens with zero attached hydrogens (tertiary/aromatic N) is 1. The summed E-state index contributed by atoms with van der Waals surface area (Å²) in [4.78, 5) is 7.33. The molecule has 0 saturated heterocycles. The first kappa shape index (κ1) is 16.5. The summed E-state index contributed by atoms with van der Waals surface area (Å²) in [5, 5.41) is 0. The van der Waals surface area contributed by atoms with Gasteiger partial charge in [-0.1, -0.05) is 39.8 Å². The van der Waals surface area contributed by atoms with E-state index in [-0.39, 0.29) is 1.43 Å². The largest absolute Gasteiger partial charge is 0.345 e. The van der Waals surface area contributed by atoms with Gasteiger partial charge in [-0.2, -0.15) is 0 Å². The molecule has 1 heterocycles. The molecule has 0 unspecified atom stereocenters. The second kappa shape index (κ2) is 8.57. The number of aromatic nitrogens is 2. The fraction of sp³-hybridized carbons (Fsp3) is 0.500. The molecule has 1 aromatic heterocycles. The van der Waals surface area contributed by atoms with Crippen LogP contribution in [-0.2, 0) is 12.8 Å². The van der Waals surface area contributed by atoms with E-state index >= 15 is 0 Å². The van der Waals surface area contributed by atoms with Crippen molar-refractivity contribution in [3.05, 3.63) is 41.3 Å². The number of hydrogen-bond acceptors (Lipinski definition) is 1. The lowest BCUT2D eigenvalue weighted by Crippen LogP contribution is -2.06. The Morgan fingerprint density at radius 1 is 1.00 bits per heavy atom. The summed E-state index contributed by atoms with van der Waals surface area (Å²) in [5.41, 5.74) is 7.04. The van der Waals surface area contributed by atoms with E-state index in [9.17, 15) is 0 Å². The Balaban J connectivity index is 0.000000741. The third kappa shape index (κ3) is 3.50. The van der Waals surface area contributed by atoms with Gasteiger partial charge in [-0.05, 0) is 49.3 Å². The molecular weight excluding hydrogens is 244 g/mol. The molecule has 2 heteroatoms. The van der Waals surface area contributed by atoms with Crippen LogP contribution in [0, 0.1) is 6.92 Å². The molecule has 0 aliphatic heterocycles. The molecule has 112 valence electrons. The third-order valence-electron chi connectivity index (χ3n) is 3.56. The Kier molecular flexibility index (Phi) is 7.06. The molecule has 0 radical (unpaired) electrons. The highest BCUT2D eigenvalue weighted by molar-refractivity contribution is 5.66. The molecule has 0 amide bonds. The van der Waals surface area contributed by atoms with Crippen molar-refractivity contribution in [2.24, 2.45) is 0 Å². The van der Waals surface area contributed by atoms with E-state index in [2.05, 4.69) is 29.0 Å². The van der Waals surface area contributed by atoms with Crippen molar-refractivity contribution in [3.8, 4) is 11.3 Å². The van der Waals surface area contributed by atoms with Crippen LogP contribution in [0.15, 0.2) is 24.7 Å². The van der Waals surface area contributed by atoms with Gasteiger partial charge in [-0.3, -0.25) is 0 Å². The monoisotopic (exact) mass is 274 g/mol. The van der Waals surface area contributed by atoms with Crippen molar-refractivity contribution < 1.29 is 1.43 Å². The maximum atomic E-state index is 4.11. The van der Waals surface area contributed by atoms with E-state index in [1.165, 1.54) is 42.4 Å².